The number of aromatic amines is 1. The zero-order chi connectivity index (χ0) is 17.6. The minimum atomic E-state index is 0.173. The van der Waals surface area contributed by atoms with Gasteiger partial charge < -0.3 is 19.7 Å². The summed E-state index contributed by atoms with van der Waals surface area (Å²) >= 11 is 0. The predicted octanol–water partition coefficient (Wildman–Crippen LogP) is 2.61. The number of piperazine rings is 1. The summed E-state index contributed by atoms with van der Waals surface area (Å²) in [6, 6.07) is 4.62. The van der Waals surface area contributed by atoms with Crippen LogP contribution >= 0.6 is 0 Å². The number of aryl methyl sites for hydroxylation is 1. The van der Waals surface area contributed by atoms with Crippen molar-refractivity contribution in [3.8, 4) is 0 Å². The number of imidazole rings is 1. The van der Waals surface area contributed by atoms with E-state index in [9.17, 15) is 0 Å². The molecule has 0 unspecified atom stereocenters. The molecule has 0 radical (unpaired) electrons. The molecule has 2 saturated heterocycles. The molecule has 0 bridgehead atoms. The van der Waals surface area contributed by atoms with Gasteiger partial charge in [-0.05, 0) is 64.6 Å². The summed E-state index contributed by atoms with van der Waals surface area (Å²) in [7, 11) is 4.42. The van der Waals surface area contributed by atoms with Crippen LogP contribution < -0.4 is 4.90 Å². The van der Waals surface area contributed by atoms with Gasteiger partial charge in [-0.2, -0.15) is 0 Å². The fourth-order valence-electron chi connectivity index (χ4n) is 4.15. The van der Waals surface area contributed by atoms with Gasteiger partial charge >= 0.3 is 0 Å². The van der Waals surface area contributed by atoms with Crippen molar-refractivity contribution >= 4 is 16.7 Å². The number of anilines is 1. The number of nitrogens with zero attached hydrogens (tertiary/aromatic N) is 4. The number of rotatable bonds is 2. The first-order chi connectivity index (χ1) is 11.9. The monoisotopic (exact) mass is 341 g/mol. The van der Waals surface area contributed by atoms with Crippen molar-refractivity contribution in [2.75, 3.05) is 58.3 Å². The van der Waals surface area contributed by atoms with E-state index in [4.69, 9.17) is 4.98 Å². The van der Waals surface area contributed by atoms with Crippen LogP contribution in [0.5, 0.6) is 0 Å². The van der Waals surface area contributed by atoms with Crippen molar-refractivity contribution in [2.24, 2.45) is 0 Å². The first-order valence-corrected chi connectivity index (χ1v) is 9.57. The van der Waals surface area contributed by atoms with E-state index in [1.54, 1.807) is 0 Å². The number of fused-ring (bicyclic) bond motifs is 1. The molecule has 0 amide bonds. The van der Waals surface area contributed by atoms with Crippen LogP contribution in [0.15, 0.2) is 12.1 Å². The highest BCUT2D eigenvalue weighted by Gasteiger charge is 2.33. The zero-order valence-electron chi connectivity index (χ0n) is 16.1. The highest BCUT2D eigenvalue weighted by Crippen LogP contribution is 2.35. The SMILES string of the molecule is Cc1cc(N2CCN(C)CC2)cc2[nH]c(C3(C)CCN(C)CC3)nc12. The molecule has 2 aliphatic rings. The van der Waals surface area contributed by atoms with Gasteiger partial charge in [0.05, 0.1) is 11.0 Å². The van der Waals surface area contributed by atoms with Crippen molar-refractivity contribution < 1.29 is 0 Å². The molecule has 3 heterocycles. The second-order valence-corrected chi connectivity index (χ2v) is 8.40. The number of aromatic nitrogens is 2. The average molecular weight is 342 g/mol. The highest BCUT2D eigenvalue weighted by atomic mass is 15.2. The number of benzene rings is 1. The van der Waals surface area contributed by atoms with E-state index < -0.39 is 0 Å². The average Bonchev–Trinajstić information content (AvgIpc) is 3.04. The predicted molar refractivity (Wildman–Crippen MR) is 105 cm³/mol. The minimum Gasteiger partial charge on any atom is -0.369 e. The molecule has 1 N–H and O–H groups in total. The Labute approximate surface area is 151 Å². The number of likely N-dealkylation sites (N-methyl/N-ethyl adjacent to an activating group) is 1. The molecular weight excluding hydrogens is 310 g/mol. The van der Waals surface area contributed by atoms with Gasteiger partial charge in [-0.3, -0.25) is 0 Å². The van der Waals surface area contributed by atoms with Crippen LogP contribution in [0, 0.1) is 6.92 Å². The lowest BCUT2D eigenvalue weighted by Crippen LogP contribution is -2.44. The molecule has 0 saturated carbocycles. The number of hydrogen-bond donors (Lipinski definition) is 1. The molecule has 1 aromatic carbocycles. The van der Waals surface area contributed by atoms with Gasteiger partial charge in [0, 0.05) is 37.3 Å². The maximum atomic E-state index is 5.03. The third kappa shape index (κ3) is 3.15. The number of hydrogen-bond acceptors (Lipinski definition) is 4. The fourth-order valence-corrected chi connectivity index (χ4v) is 4.15. The van der Waals surface area contributed by atoms with E-state index in [0.29, 0.717) is 0 Å². The van der Waals surface area contributed by atoms with Crippen LogP contribution in [-0.4, -0.2) is 73.1 Å². The van der Waals surface area contributed by atoms with Crippen LogP contribution in [0.3, 0.4) is 0 Å². The van der Waals surface area contributed by atoms with Gasteiger partial charge in [0.1, 0.15) is 5.82 Å². The molecule has 2 aliphatic heterocycles. The van der Waals surface area contributed by atoms with E-state index in [1.165, 1.54) is 35.4 Å². The maximum Gasteiger partial charge on any atom is 0.113 e. The van der Waals surface area contributed by atoms with Crippen molar-refractivity contribution in [3.05, 3.63) is 23.5 Å². The first-order valence-electron chi connectivity index (χ1n) is 9.57. The molecule has 2 aromatic rings. The molecule has 2 fully saturated rings. The van der Waals surface area contributed by atoms with E-state index in [2.05, 4.69) is 59.8 Å². The van der Waals surface area contributed by atoms with E-state index in [0.717, 1.165) is 44.8 Å². The summed E-state index contributed by atoms with van der Waals surface area (Å²) in [4.78, 5) is 16.0. The van der Waals surface area contributed by atoms with Crippen LogP contribution in [-0.2, 0) is 5.41 Å². The molecule has 4 rings (SSSR count). The summed E-state index contributed by atoms with van der Waals surface area (Å²) in [5.41, 5.74) is 5.13. The van der Waals surface area contributed by atoms with Crippen LogP contribution in [0.25, 0.3) is 11.0 Å². The molecule has 1 aromatic heterocycles. The lowest BCUT2D eigenvalue weighted by atomic mass is 9.80. The van der Waals surface area contributed by atoms with Crippen molar-refractivity contribution in [2.45, 2.75) is 32.1 Å². The van der Waals surface area contributed by atoms with Gasteiger partial charge in [0.25, 0.3) is 0 Å². The summed E-state index contributed by atoms with van der Waals surface area (Å²) in [5.74, 6) is 1.18. The van der Waals surface area contributed by atoms with Crippen molar-refractivity contribution in [1.82, 2.24) is 19.8 Å². The second kappa shape index (κ2) is 6.29. The summed E-state index contributed by atoms with van der Waals surface area (Å²) < 4.78 is 0. The van der Waals surface area contributed by atoms with E-state index in [1.807, 2.05) is 0 Å². The van der Waals surface area contributed by atoms with Gasteiger partial charge in [0.15, 0.2) is 0 Å². The number of nitrogens with one attached hydrogen (secondary N) is 1. The maximum absolute atomic E-state index is 5.03. The normalized spacial score (nSPS) is 22.6. The molecule has 0 spiro atoms. The Morgan fingerprint density at radius 2 is 1.60 bits per heavy atom. The summed E-state index contributed by atoms with van der Waals surface area (Å²) in [6.45, 7) is 11.4. The van der Waals surface area contributed by atoms with Crippen LogP contribution in [0.2, 0.25) is 0 Å². The third-order valence-corrected chi connectivity index (χ3v) is 6.29. The fraction of sp³-hybridized carbons (Fsp3) is 0.650. The molecule has 5 nitrogen and oxygen atoms in total. The Bertz CT molecular complexity index is 749. The number of H-pyrrole nitrogens is 1. The third-order valence-electron chi connectivity index (χ3n) is 6.29. The molecule has 136 valence electrons. The molecule has 0 atom stereocenters. The standard InChI is InChI=1S/C20H31N5/c1-15-13-16(25-11-9-24(4)10-12-25)14-17-18(15)22-19(21-17)20(2)5-7-23(3)8-6-20/h13-14H,5-12H2,1-4H3,(H,21,22). The quantitative estimate of drug-likeness (QED) is 0.911. The first kappa shape index (κ1) is 16.9. The Hall–Kier alpha value is -1.59. The Morgan fingerprint density at radius 1 is 0.960 bits per heavy atom. The van der Waals surface area contributed by atoms with Gasteiger partial charge in [-0.15, -0.1) is 0 Å². The van der Waals surface area contributed by atoms with E-state index >= 15 is 0 Å². The molecular formula is C20H31N5. The van der Waals surface area contributed by atoms with Crippen LogP contribution in [0.4, 0.5) is 5.69 Å². The highest BCUT2D eigenvalue weighted by molar-refractivity contribution is 5.83. The Kier molecular flexibility index (Phi) is 4.24. The van der Waals surface area contributed by atoms with E-state index in [-0.39, 0.29) is 5.41 Å². The summed E-state index contributed by atoms with van der Waals surface area (Å²) in [6.07, 6.45) is 2.35. The Morgan fingerprint density at radius 3 is 2.28 bits per heavy atom. The van der Waals surface area contributed by atoms with Crippen molar-refractivity contribution in [1.29, 1.82) is 0 Å². The Balaban J connectivity index is 1.65. The summed E-state index contributed by atoms with van der Waals surface area (Å²) in [5, 5.41) is 0. The topological polar surface area (TPSA) is 38.4 Å². The van der Waals surface area contributed by atoms with Gasteiger partial charge in [-0.25, -0.2) is 4.98 Å². The molecule has 25 heavy (non-hydrogen) atoms. The van der Waals surface area contributed by atoms with Gasteiger partial charge in [0.2, 0.25) is 0 Å². The second-order valence-electron chi connectivity index (χ2n) is 8.40. The lowest BCUT2D eigenvalue weighted by molar-refractivity contribution is 0.194. The zero-order valence-corrected chi connectivity index (χ0v) is 16.1. The van der Waals surface area contributed by atoms with Gasteiger partial charge in [-0.1, -0.05) is 6.92 Å². The van der Waals surface area contributed by atoms with Crippen LogP contribution in [0.1, 0.15) is 31.2 Å². The molecule has 5 heteroatoms. The smallest absolute Gasteiger partial charge is 0.113 e. The van der Waals surface area contributed by atoms with Crippen molar-refractivity contribution in [3.63, 3.8) is 0 Å². The largest absolute Gasteiger partial charge is 0.369 e. The number of piperidine rings is 1. The minimum absolute atomic E-state index is 0.173. The lowest BCUT2D eigenvalue weighted by Gasteiger charge is -2.36. The molecule has 0 aliphatic carbocycles. The number of likely N-dealkylation sites (tertiary alicyclic amines) is 1.